The maximum Gasteiger partial charge on any atom is 0.346 e. The lowest BCUT2D eigenvalue weighted by atomic mass is 10.1. The van der Waals surface area contributed by atoms with Crippen molar-refractivity contribution >= 4 is 38.2 Å². The van der Waals surface area contributed by atoms with E-state index in [0.717, 1.165) is 10.1 Å². The van der Waals surface area contributed by atoms with Crippen LogP contribution in [0.2, 0.25) is 0 Å². The molecule has 0 bridgehead atoms. The fourth-order valence-electron chi connectivity index (χ4n) is 2.01. The van der Waals surface area contributed by atoms with E-state index in [1.807, 2.05) is 38.1 Å². The molecule has 0 saturated carbocycles. The molecule has 1 N–H and O–H groups in total. The summed E-state index contributed by atoms with van der Waals surface area (Å²) in [7, 11) is -1.02. The van der Waals surface area contributed by atoms with Crippen molar-refractivity contribution < 1.29 is 14.1 Å². The summed E-state index contributed by atoms with van der Waals surface area (Å²) in [4.78, 5) is 11.6. The van der Waals surface area contributed by atoms with Crippen LogP contribution in [-0.4, -0.2) is 21.0 Å². The molecule has 0 fully saturated rings. The van der Waals surface area contributed by atoms with Crippen LogP contribution in [0.5, 0.6) is 0 Å². The van der Waals surface area contributed by atoms with E-state index < -0.39 is 16.8 Å². The third-order valence-electron chi connectivity index (χ3n) is 2.72. The molecule has 0 aliphatic rings. The van der Waals surface area contributed by atoms with E-state index in [4.69, 9.17) is 0 Å². The van der Waals surface area contributed by atoms with Gasteiger partial charge in [0.05, 0.1) is 5.75 Å². The zero-order valence-corrected chi connectivity index (χ0v) is 12.5. The second-order valence-electron chi connectivity index (χ2n) is 4.86. The zero-order chi connectivity index (χ0) is 14.0. The van der Waals surface area contributed by atoms with Crippen LogP contribution in [-0.2, 0) is 16.6 Å². The maximum absolute atomic E-state index is 12.1. The summed E-state index contributed by atoms with van der Waals surface area (Å²) in [5.74, 6) is 0.337. The molecule has 2 aromatic rings. The topological polar surface area (TPSA) is 54.4 Å². The molecular formula is C14H16O3S2. The van der Waals surface area contributed by atoms with Crippen molar-refractivity contribution in [1.82, 2.24) is 0 Å². The fraction of sp³-hybridized carbons (Fsp3) is 0.357. The highest BCUT2D eigenvalue weighted by Crippen LogP contribution is 2.32. The SMILES string of the molecule is CC(C)CS(=O)Cc1c(C(=O)O)sc2ccccc12. The van der Waals surface area contributed by atoms with E-state index >= 15 is 0 Å². The summed E-state index contributed by atoms with van der Waals surface area (Å²) in [5, 5.41) is 10.2. The zero-order valence-electron chi connectivity index (χ0n) is 10.9. The molecule has 1 aromatic carbocycles. The van der Waals surface area contributed by atoms with Crippen LogP contribution >= 0.6 is 11.3 Å². The standard InChI is InChI=1S/C14H16O3S2/c1-9(2)7-19(17)8-11-10-5-3-4-6-12(10)18-13(11)14(15)16/h3-6,9H,7-8H2,1-2H3,(H,15,16). The van der Waals surface area contributed by atoms with Gasteiger partial charge in [0.2, 0.25) is 0 Å². The number of carbonyl (C=O) groups is 1. The first-order valence-corrected chi connectivity index (χ1v) is 8.38. The third-order valence-corrected chi connectivity index (χ3v) is 5.57. The van der Waals surface area contributed by atoms with Gasteiger partial charge in [-0.2, -0.15) is 0 Å². The van der Waals surface area contributed by atoms with Crippen LogP contribution < -0.4 is 0 Å². The van der Waals surface area contributed by atoms with E-state index in [0.29, 0.717) is 27.9 Å². The highest BCUT2D eigenvalue weighted by Gasteiger charge is 2.19. The van der Waals surface area contributed by atoms with Gasteiger partial charge >= 0.3 is 5.97 Å². The maximum atomic E-state index is 12.1. The largest absolute Gasteiger partial charge is 0.477 e. The average molecular weight is 296 g/mol. The Morgan fingerprint density at radius 1 is 1.37 bits per heavy atom. The smallest absolute Gasteiger partial charge is 0.346 e. The number of thiophene rings is 1. The number of hydrogen-bond donors (Lipinski definition) is 1. The molecule has 0 amide bonds. The normalized spacial score (nSPS) is 13.0. The van der Waals surface area contributed by atoms with E-state index in [2.05, 4.69) is 0 Å². The second kappa shape index (κ2) is 5.84. The lowest BCUT2D eigenvalue weighted by Gasteiger charge is -2.05. The summed E-state index contributed by atoms with van der Waals surface area (Å²) in [5.41, 5.74) is 0.715. The van der Waals surface area contributed by atoms with Gasteiger partial charge in [-0.25, -0.2) is 4.79 Å². The Kier molecular flexibility index (Phi) is 4.37. The predicted molar refractivity (Wildman–Crippen MR) is 80.3 cm³/mol. The summed E-state index contributed by atoms with van der Waals surface area (Å²) >= 11 is 1.26. The second-order valence-corrected chi connectivity index (χ2v) is 7.41. The molecule has 1 aromatic heterocycles. The van der Waals surface area contributed by atoms with Gasteiger partial charge in [-0.3, -0.25) is 4.21 Å². The Balaban J connectivity index is 2.42. The van der Waals surface area contributed by atoms with Crippen LogP contribution in [0.4, 0.5) is 0 Å². The van der Waals surface area contributed by atoms with E-state index in [9.17, 15) is 14.1 Å². The minimum atomic E-state index is -1.02. The van der Waals surface area contributed by atoms with E-state index in [1.54, 1.807) is 0 Å². The molecule has 19 heavy (non-hydrogen) atoms. The molecule has 0 radical (unpaired) electrons. The summed E-state index contributed by atoms with van der Waals surface area (Å²) in [6.45, 7) is 4.03. The molecule has 0 saturated heterocycles. The first-order valence-electron chi connectivity index (χ1n) is 6.07. The van der Waals surface area contributed by atoms with E-state index in [1.165, 1.54) is 11.3 Å². The van der Waals surface area contributed by atoms with Crippen molar-refractivity contribution in [2.45, 2.75) is 19.6 Å². The van der Waals surface area contributed by atoms with Gasteiger partial charge in [0, 0.05) is 21.3 Å². The lowest BCUT2D eigenvalue weighted by Crippen LogP contribution is -2.08. The quantitative estimate of drug-likeness (QED) is 0.918. The summed E-state index contributed by atoms with van der Waals surface area (Å²) in [6.07, 6.45) is 0. The van der Waals surface area contributed by atoms with Crippen molar-refractivity contribution in [2.75, 3.05) is 5.75 Å². The molecule has 3 nitrogen and oxygen atoms in total. The van der Waals surface area contributed by atoms with Gasteiger partial charge in [0.1, 0.15) is 4.88 Å². The highest BCUT2D eigenvalue weighted by atomic mass is 32.2. The van der Waals surface area contributed by atoms with Crippen LogP contribution in [0, 0.1) is 5.92 Å². The summed E-state index contributed by atoms with van der Waals surface area (Å²) in [6, 6.07) is 7.58. The molecule has 1 unspecified atom stereocenters. The van der Waals surface area contributed by atoms with Gasteiger partial charge in [-0.1, -0.05) is 32.0 Å². The molecule has 0 aliphatic heterocycles. The number of hydrogen-bond acceptors (Lipinski definition) is 3. The molecule has 2 rings (SSSR count). The third kappa shape index (κ3) is 3.22. The summed E-state index contributed by atoms with van der Waals surface area (Å²) < 4.78 is 13.0. The molecule has 102 valence electrons. The lowest BCUT2D eigenvalue weighted by molar-refractivity contribution is 0.0701. The van der Waals surface area contributed by atoms with Crippen molar-refractivity contribution in [3.8, 4) is 0 Å². The van der Waals surface area contributed by atoms with Crippen LogP contribution in [0.1, 0.15) is 29.1 Å². The number of carboxylic acid groups (broad SMARTS) is 1. The molecule has 0 spiro atoms. The Morgan fingerprint density at radius 2 is 2.05 bits per heavy atom. The van der Waals surface area contributed by atoms with E-state index in [-0.39, 0.29) is 0 Å². The van der Waals surface area contributed by atoms with Crippen molar-refractivity contribution in [2.24, 2.45) is 5.92 Å². The first kappa shape index (κ1) is 14.2. The van der Waals surface area contributed by atoms with Crippen molar-refractivity contribution in [3.63, 3.8) is 0 Å². The van der Waals surface area contributed by atoms with Gasteiger partial charge in [-0.05, 0) is 22.9 Å². The van der Waals surface area contributed by atoms with Crippen molar-refractivity contribution in [3.05, 3.63) is 34.7 Å². The number of rotatable bonds is 5. The van der Waals surface area contributed by atoms with Gasteiger partial charge in [-0.15, -0.1) is 11.3 Å². The monoisotopic (exact) mass is 296 g/mol. The Hall–Kier alpha value is -1.20. The number of benzene rings is 1. The van der Waals surface area contributed by atoms with Gasteiger partial charge in [0.15, 0.2) is 0 Å². The molecule has 1 atom stereocenters. The molecular weight excluding hydrogens is 280 g/mol. The number of fused-ring (bicyclic) bond motifs is 1. The number of carboxylic acids is 1. The predicted octanol–water partition coefficient (Wildman–Crippen LogP) is 3.50. The Labute approximate surface area is 118 Å². The first-order chi connectivity index (χ1) is 8.99. The fourth-order valence-corrected chi connectivity index (χ4v) is 4.64. The highest BCUT2D eigenvalue weighted by molar-refractivity contribution is 7.84. The average Bonchev–Trinajstić information content (AvgIpc) is 2.67. The Bertz CT molecular complexity index is 629. The number of aromatic carboxylic acids is 1. The molecule has 0 aliphatic carbocycles. The van der Waals surface area contributed by atoms with Crippen LogP contribution in [0.15, 0.2) is 24.3 Å². The minimum absolute atomic E-state index is 0.318. The molecule has 1 heterocycles. The van der Waals surface area contributed by atoms with Crippen LogP contribution in [0.3, 0.4) is 0 Å². The van der Waals surface area contributed by atoms with Crippen molar-refractivity contribution in [1.29, 1.82) is 0 Å². The van der Waals surface area contributed by atoms with Gasteiger partial charge < -0.3 is 5.11 Å². The minimum Gasteiger partial charge on any atom is -0.477 e. The van der Waals surface area contributed by atoms with Crippen LogP contribution in [0.25, 0.3) is 10.1 Å². The van der Waals surface area contributed by atoms with Gasteiger partial charge in [0.25, 0.3) is 0 Å². The Morgan fingerprint density at radius 3 is 2.68 bits per heavy atom. The molecule has 5 heteroatoms.